The highest BCUT2D eigenvalue weighted by molar-refractivity contribution is 5.92. The van der Waals surface area contributed by atoms with Crippen LogP contribution in [0.1, 0.15) is 24.8 Å². The monoisotopic (exact) mass is 231 g/mol. The summed E-state index contributed by atoms with van der Waals surface area (Å²) in [6.07, 6.45) is 5.05. The molecule has 0 spiro atoms. The summed E-state index contributed by atoms with van der Waals surface area (Å²) in [6, 6.07) is 4.76. The average Bonchev–Trinajstić information content (AvgIpc) is 2.90. The molecule has 2 aliphatic rings. The molecule has 2 fully saturated rings. The molecule has 3 heterocycles. The number of amides is 1. The molecule has 4 heteroatoms. The molecule has 0 radical (unpaired) electrons. The van der Waals surface area contributed by atoms with Crippen LogP contribution in [0.2, 0.25) is 0 Å². The number of nitrogens with one attached hydrogen (secondary N) is 2. The summed E-state index contributed by atoms with van der Waals surface area (Å²) in [5.41, 5.74) is 1.11. The fraction of sp³-hybridized carbons (Fsp3) is 0.538. The van der Waals surface area contributed by atoms with Crippen molar-refractivity contribution < 1.29 is 4.79 Å². The molecule has 2 saturated heterocycles. The van der Waals surface area contributed by atoms with Crippen LogP contribution in [-0.4, -0.2) is 23.0 Å². The molecule has 3 rings (SSSR count). The lowest BCUT2D eigenvalue weighted by Gasteiger charge is -2.19. The summed E-state index contributed by atoms with van der Waals surface area (Å²) in [6.45, 7) is 2.00. The minimum Gasteiger partial charge on any atom is -0.310 e. The lowest BCUT2D eigenvalue weighted by molar-refractivity contribution is -0.120. The van der Waals surface area contributed by atoms with Crippen LogP contribution in [0.5, 0.6) is 0 Å². The SMILES string of the molecule is Cc1ccnc(NC(=O)C2CC3CCC2N3)c1. The third-order valence-electron chi connectivity index (χ3n) is 3.80. The Kier molecular flexibility index (Phi) is 2.59. The molecule has 90 valence electrons. The molecule has 17 heavy (non-hydrogen) atoms. The molecule has 3 atom stereocenters. The van der Waals surface area contributed by atoms with Gasteiger partial charge in [-0.25, -0.2) is 4.98 Å². The molecule has 3 unspecified atom stereocenters. The Bertz CT molecular complexity index is 446. The van der Waals surface area contributed by atoms with Gasteiger partial charge in [0.25, 0.3) is 0 Å². The largest absolute Gasteiger partial charge is 0.310 e. The lowest BCUT2D eigenvalue weighted by atomic mass is 9.88. The van der Waals surface area contributed by atoms with Gasteiger partial charge in [-0.15, -0.1) is 0 Å². The molecule has 0 aliphatic carbocycles. The number of pyridine rings is 1. The van der Waals surface area contributed by atoms with Crippen molar-refractivity contribution in [2.45, 2.75) is 38.3 Å². The van der Waals surface area contributed by atoms with Gasteiger partial charge in [-0.3, -0.25) is 4.79 Å². The maximum Gasteiger partial charge on any atom is 0.230 e. The first-order valence-electron chi connectivity index (χ1n) is 6.22. The Morgan fingerprint density at radius 1 is 1.53 bits per heavy atom. The number of hydrogen-bond acceptors (Lipinski definition) is 3. The van der Waals surface area contributed by atoms with Gasteiger partial charge in [0, 0.05) is 18.3 Å². The molecule has 1 aromatic heterocycles. The van der Waals surface area contributed by atoms with Gasteiger partial charge in [0.1, 0.15) is 5.82 Å². The number of carbonyl (C=O) groups excluding carboxylic acids is 1. The van der Waals surface area contributed by atoms with E-state index in [0.717, 1.165) is 18.4 Å². The molecule has 0 aromatic carbocycles. The summed E-state index contributed by atoms with van der Waals surface area (Å²) in [4.78, 5) is 16.3. The number of aryl methyl sites for hydroxylation is 1. The van der Waals surface area contributed by atoms with Gasteiger partial charge in [-0.2, -0.15) is 0 Å². The highest BCUT2D eigenvalue weighted by Gasteiger charge is 2.42. The van der Waals surface area contributed by atoms with Crippen LogP contribution in [0.4, 0.5) is 5.82 Å². The van der Waals surface area contributed by atoms with Gasteiger partial charge < -0.3 is 10.6 Å². The summed E-state index contributed by atoms with van der Waals surface area (Å²) in [7, 11) is 0. The Morgan fingerprint density at radius 3 is 3.06 bits per heavy atom. The number of aromatic nitrogens is 1. The smallest absolute Gasteiger partial charge is 0.230 e. The van der Waals surface area contributed by atoms with E-state index in [9.17, 15) is 4.79 Å². The fourth-order valence-corrected chi connectivity index (χ4v) is 2.94. The topological polar surface area (TPSA) is 54.0 Å². The van der Waals surface area contributed by atoms with E-state index in [1.54, 1.807) is 6.20 Å². The Labute approximate surface area is 101 Å². The molecule has 2 bridgehead atoms. The second-order valence-electron chi connectivity index (χ2n) is 5.10. The second-order valence-corrected chi connectivity index (χ2v) is 5.10. The summed E-state index contributed by atoms with van der Waals surface area (Å²) in [5, 5.41) is 6.39. The minimum atomic E-state index is 0.114. The van der Waals surface area contributed by atoms with E-state index in [4.69, 9.17) is 0 Å². The molecule has 0 saturated carbocycles. The highest BCUT2D eigenvalue weighted by Crippen LogP contribution is 2.33. The molecule has 2 aliphatic heterocycles. The number of hydrogen-bond donors (Lipinski definition) is 2. The van der Waals surface area contributed by atoms with Crippen LogP contribution in [0.25, 0.3) is 0 Å². The molecule has 1 amide bonds. The maximum absolute atomic E-state index is 12.1. The van der Waals surface area contributed by atoms with Gasteiger partial charge in [-0.1, -0.05) is 0 Å². The van der Waals surface area contributed by atoms with Crippen LogP contribution in [0.3, 0.4) is 0 Å². The fourth-order valence-electron chi connectivity index (χ4n) is 2.94. The molecular weight excluding hydrogens is 214 g/mol. The van der Waals surface area contributed by atoms with E-state index in [0.29, 0.717) is 17.9 Å². The molecule has 4 nitrogen and oxygen atoms in total. The zero-order chi connectivity index (χ0) is 11.8. The molecular formula is C13H17N3O. The predicted octanol–water partition coefficient (Wildman–Crippen LogP) is 1.47. The average molecular weight is 231 g/mol. The van der Waals surface area contributed by atoms with Crippen LogP contribution in [-0.2, 0) is 4.79 Å². The number of carbonyl (C=O) groups is 1. The summed E-state index contributed by atoms with van der Waals surface area (Å²) in [5.74, 6) is 0.900. The standard InChI is InChI=1S/C13H17N3O/c1-8-4-5-14-12(6-8)16-13(17)10-7-9-2-3-11(10)15-9/h4-6,9-11,15H,2-3,7H2,1H3,(H,14,16,17). The number of nitrogens with zero attached hydrogens (tertiary/aromatic N) is 1. The van der Waals surface area contributed by atoms with Crippen LogP contribution >= 0.6 is 0 Å². The quantitative estimate of drug-likeness (QED) is 0.810. The lowest BCUT2D eigenvalue weighted by Crippen LogP contribution is -2.33. The van der Waals surface area contributed by atoms with Crippen molar-refractivity contribution in [2.24, 2.45) is 5.92 Å². The van der Waals surface area contributed by atoms with E-state index < -0.39 is 0 Å². The first-order chi connectivity index (χ1) is 8.22. The zero-order valence-electron chi connectivity index (χ0n) is 9.94. The van der Waals surface area contributed by atoms with E-state index in [-0.39, 0.29) is 11.8 Å². The van der Waals surface area contributed by atoms with Gasteiger partial charge in [0.05, 0.1) is 5.92 Å². The van der Waals surface area contributed by atoms with Gasteiger partial charge in [0.15, 0.2) is 0 Å². The Hall–Kier alpha value is -1.42. The Balaban J connectivity index is 1.68. The van der Waals surface area contributed by atoms with E-state index in [1.807, 2.05) is 19.1 Å². The first-order valence-corrected chi connectivity index (χ1v) is 6.22. The van der Waals surface area contributed by atoms with Crippen molar-refractivity contribution in [3.8, 4) is 0 Å². The predicted molar refractivity (Wildman–Crippen MR) is 65.7 cm³/mol. The zero-order valence-corrected chi connectivity index (χ0v) is 9.94. The van der Waals surface area contributed by atoms with E-state index >= 15 is 0 Å². The number of rotatable bonds is 2. The van der Waals surface area contributed by atoms with Crippen molar-refractivity contribution in [3.63, 3.8) is 0 Å². The van der Waals surface area contributed by atoms with Gasteiger partial charge in [-0.05, 0) is 43.9 Å². The van der Waals surface area contributed by atoms with Crippen LogP contribution in [0.15, 0.2) is 18.3 Å². The van der Waals surface area contributed by atoms with E-state index in [2.05, 4.69) is 15.6 Å². The minimum absolute atomic E-state index is 0.114. The Morgan fingerprint density at radius 2 is 2.41 bits per heavy atom. The van der Waals surface area contributed by atoms with Crippen LogP contribution in [0, 0.1) is 12.8 Å². The molecule has 2 N–H and O–H groups in total. The van der Waals surface area contributed by atoms with Crippen molar-refractivity contribution >= 4 is 11.7 Å². The summed E-state index contributed by atoms with van der Waals surface area (Å²) >= 11 is 0. The van der Waals surface area contributed by atoms with Gasteiger partial charge in [0.2, 0.25) is 5.91 Å². The van der Waals surface area contributed by atoms with Crippen molar-refractivity contribution in [2.75, 3.05) is 5.32 Å². The number of anilines is 1. The highest BCUT2D eigenvalue weighted by atomic mass is 16.2. The van der Waals surface area contributed by atoms with Crippen molar-refractivity contribution in [1.82, 2.24) is 10.3 Å². The van der Waals surface area contributed by atoms with Gasteiger partial charge >= 0.3 is 0 Å². The van der Waals surface area contributed by atoms with Crippen LogP contribution < -0.4 is 10.6 Å². The second kappa shape index (κ2) is 4.11. The third-order valence-corrected chi connectivity index (χ3v) is 3.80. The third kappa shape index (κ3) is 2.05. The van der Waals surface area contributed by atoms with Crippen molar-refractivity contribution in [3.05, 3.63) is 23.9 Å². The summed E-state index contributed by atoms with van der Waals surface area (Å²) < 4.78 is 0. The normalized spacial score (nSPS) is 30.5. The first kappa shape index (κ1) is 10.7. The van der Waals surface area contributed by atoms with Crippen molar-refractivity contribution in [1.29, 1.82) is 0 Å². The maximum atomic E-state index is 12.1. The molecule has 1 aromatic rings. The van der Waals surface area contributed by atoms with E-state index in [1.165, 1.54) is 6.42 Å². The number of fused-ring (bicyclic) bond motifs is 2.